The number of aromatic nitrogens is 4. The topological polar surface area (TPSA) is 86.9 Å². The molecule has 3 aromatic rings. The van der Waals surface area contributed by atoms with Crippen molar-refractivity contribution in [2.45, 2.75) is 19.9 Å². The van der Waals surface area contributed by atoms with Crippen LogP contribution in [0.2, 0.25) is 0 Å². The predicted octanol–water partition coefficient (Wildman–Crippen LogP) is 2.12. The van der Waals surface area contributed by atoms with Crippen LogP contribution >= 0.6 is 0 Å². The van der Waals surface area contributed by atoms with Gasteiger partial charge in [0.1, 0.15) is 17.7 Å². The van der Waals surface area contributed by atoms with Crippen LogP contribution in [0.15, 0.2) is 24.4 Å². The predicted molar refractivity (Wildman–Crippen MR) is 88.8 cm³/mol. The van der Waals surface area contributed by atoms with Gasteiger partial charge in [0.2, 0.25) is 0 Å². The molecule has 0 aliphatic carbocycles. The molecule has 0 radical (unpaired) electrons. The second kappa shape index (κ2) is 5.76. The first-order valence-corrected chi connectivity index (χ1v) is 7.98. The van der Waals surface area contributed by atoms with Crippen LogP contribution in [0, 0.1) is 13.8 Å². The molecule has 2 N–H and O–H groups in total. The zero-order chi connectivity index (χ0) is 16.7. The molecule has 1 amide bonds. The van der Waals surface area contributed by atoms with Crippen molar-refractivity contribution in [3.8, 4) is 0 Å². The summed E-state index contributed by atoms with van der Waals surface area (Å²) < 4.78 is 5.57. The van der Waals surface area contributed by atoms with Gasteiger partial charge < -0.3 is 19.6 Å². The highest BCUT2D eigenvalue weighted by atomic mass is 16.5. The normalized spacial score (nSPS) is 18.2. The molecule has 0 saturated carbocycles. The number of imidazole rings is 2. The lowest BCUT2D eigenvalue weighted by molar-refractivity contribution is -0.00500. The molecule has 1 fully saturated rings. The maximum atomic E-state index is 13.0. The maximum Gasteiger partial charge on any atom is 0.254 e. The molecule has 3 heterocycles. The lowest BCUT2D eigenvalue weighted by Gasteiger charge is -2.34. The fraction of sp³-hybridized carbons (Fsp3) is 0.353. The number of hydrogen-bond acceptors (Lipinski definition) is 4. The van der Waals surface area contributed by atoms with Crippen molar-refractivity contribution < 1.29 is 9.53 Å². The van der Waals surface area contributed by atoms with E-state index < -0.39 is 0 Å². The van der Waals surface area contributed by atoms with E-state index in [1.807, 2.05) is 36.9 Å². The minimum Gasteiger partial charge on any atom is -0.377 e. The van der Waals surface area contributed by atoms with E-state index in [-0.39, 0.29) is 11.9 Å². The van der Waals surface area contributed by atoms with E-state index in [0.717, 1.165) is 28.4 Å². The van der Waals surface area contributed by atoms with Crippen molar-refractivity contribution in [1.82, 2.24) is 24.8 Å². The van der Waals surface area contributed by atoms with Gasteiger partial charge in [-0.25, -0.2) is 9.97 Å². The molecule has 24 heavy (non-hydrogen) atoms. The number of aromatic amines is 2. The average molecular weight is 325 g/mol. The Bertz CT molecular complexity index is 897. The lowest BCUT2D eigenvalue weighted by atomic mass is 10.1. The van der Waals surface area contributed by atoms with Gasteiger partial charge in [-0.15, -0.1) is 0 Å². The van der Waals surface area contributed by atoms with E-state index in [1.165, 1.54) is 0 Å². The third-order valence-corrected chi connectivity index (χ3v) is 4.27. The number of fused-ring (bicyclic) bond motifs is 1. The number of nitrogens with zero attached hydrogens (tertiary/aromatic N) is 3. The van der Waals surface area contributed by atoms with E-state index in [1.54, 1.807) is 6.20 Å². The summed E-state index contributed by atoms with van der Waals surface area (Å²) in [5.41, 5.74) is 3.35. The number of hydrogen-bond donors (Lipinski definition) is 2. The van der Waals surface area contributed by atoms with Crippen LogP contribution in [0.25, 0.3) is 11.0 Å². The minimum atomic E-state index is -0.195. The highest BCUT2D eigenvalue weighted by Crippen LogP contribution is 2.25. The van der Waals surface area contributed by atoms with Crippen molar-refractivity contribution in [1.29, 1.82) is 0 Å². The zero-order valence-corrected chi connectivity index (χ0v) is 13.7. The summed E-state index contributed by atoms with van der Waals surface area (Å²) in [4.78, 5) is 30.0. The molecule has 1 aliphatic rings. The van der Waals surface area contributed by atoms with Gasteiger partial charge in [-0.3, -0.25) is 4.79 Å². The molecule has 7 nitrogen and oxygen atoms in total. The Labute approximate surface area is 139 Å². The number of ether oxygens (including phenoxy) is 1. The van der Waals surface area contributed by atoms with Gasteiger partial charge in [-0.1, -0.05) is 0 Å². The molecule has 2 aromatic heterocycles. The fourth-order valence-corrected chi connectivity index (χ4v) is 3.11. The molecule has 1 unspecified atom stereocenters. The fourth-order valence-electron chi connectivity index (χ4n) is 3.11. The Kier molecular flexibility index (Phi) is 3.57. The summed E-state index contributed by atoms with van der Waals surface area (Å²) in [5.74, 6) is 1.58. The van der Waals surface area contributed by atoms with Crippen LogP contribution in [0.3, 0.4) is 0 Å². The first-order valence-electron chi connectivity index (χ1n) is 7.98. The molecular weight excluding hydrogens is 306 g/mol. The number of H-pyrrole nitrogens is 2. The van der Waals surface area contributed by atoms with Crippen LogP contribution in [0.5, 0.6) is 0 Å². The summed E-state index contributed by atoms with van der Waals surface area (Å²) in [5, 5.41) is 0. The molecular formula is C17H19N5O2. The van der Waals surface area contributed by atoms with Crippen molar-refractivity contribution in [3.05, 3.63) is 47.3 Å². The molecule has 1 aliphatic heterocycles. The largest absolute Gasteiger partial charge is 0.377 e. The Balaban J connectivity index is 1.67. The number of rotatable bonds is 2. The second-order valence-electron chi connectivity index (χ2n) is 6.09. The lowest BCUT2D eigenvalue weighted by Crippen LogP contribution is -2.43. The van der Waals surface area contributed by atoms with E-state index in [4.69, 9.17) is 4.74 Å². The molecule has 4 rings (SSSR count). The quantitative estimate of drug-likeness (QED) is 0.755. The van der Waals surface area contributed by atoms with Crippen LogP contribution in [0.1, 0.15) is 33.7 Å². The monoisotopic (exact) mass is 325 g/mol. The highest BCUT2D eigenvalue weighted by Gasteiger charge is 2.31. The number of amides is 1. The number of nitrogens with one attached hydrogen (secondary N) is 2. The minimum absolute atomic E-state index is 0.0218. The van der Waals surface area contributed by atoms with Gasteiger partial charge in [0.15, 0.2) is 0 Å². The van der Waals surface area contributed by atoms with Gasteiger partial charge in [0.05, 0.1) is 24.2 Å². The average Bonchev–Trinajstić information content (AvgIpc) is 3.18. The van der Waals surface area contributed by atoms with Crippen molar-refractivity contribution in [2.75, 3.05) is 19.8 Å². The standard InChI is InChI=1S/C17H19N5O2/c1-10-8-18-16(19-10)15-9-24-6-5-22(15)17(23)12-3-4-13-14(7-12)21-11(2)20-13/h3-4,7-8,15H,5-6,9H2,1-2H3,(H,18,19)(H,20,21). The van der Waals surface area contributed by atoms with E-state index in [2.05, 4.69) is 19.9 Å². The number of benzene rings is 1. The van der Waals surface area contributed by atoms with Gasteiger partial charge >= 0.3 is 0 Å². The molecule has 0 bridgehead atoms. The molecule has 1 atom stereocenters. The first kappa shape index (κ1) is 14.9. The number of aryl methyl sites for hydroxylation is 2. The highest BCUT2D eigenvalue weighted by molar-refractivity contribution is 5.97. The van der Waals surface area contributed by atoms with Gasteiger partial charge in [-0.05, 0) is 32.0 Å². The molecule has 124 valence electrons. The van der Waals surface area contributed by atoms with Crippen molar-refractivity contribution >= 4 is 16.9 Å². The van der Waals surface area contributed by atoms with E-state index >= 15 is 0 Å². The smallest absolute Gasteiger partial charge is 0.254 e. The third-order valence-electron chi connectivity index (χ3n) is 4.27. The van der Waals surface area contributed by atoms with Gasteiger partial charge in [-0.2, -0.15) is 0 Å². The summed E-state index contributed by atoms with van der Waals surface area (Å²) in [6, 6.07) is 5.36. The molecule has 1 saturated heterocycles. The summed E-state index contributed by atoms with van der Waals surface area (Å²) in [6.07, 6.45) is 1.77. The molecule has 0 spiro atoms. The third kappa shape index (κ3) is 2.56. The van der Waals surface area contributed by atoms with E-state index in [0.29, 0.717) is 25.3 Å². The van der Waals surface area contributed by atoms with E-state index in [9.17, 15) is 4.79 Å². The van der Waals surface area contributed by atoms with Crippen molar-refractivity contribution in [3.63, 3.8) is 0 Å². The van der Waals surface area contributed by atoms with Crippen LogP contribution < -0.4 is 0 Å². The van der Waals surface area contributed by atoms with Crippen LogP contribution in [0.4, 0.5) is 0 Å². The SMILES string of the molecule is Cc1cnc(C2COCCN2C(=O)c2ccc3nc(C)[nH]c3c2)[nH]1. The summed E-state index contributed by atoms with van der Waals surface area (Å²) >= 11 is 0. The Morgan fingerprint density at radius 2 is 2.21 bits per heavy atom. The summed E-state index contributed by atoms with van der Waals surface area (Å²) in [6.45, 7) is 5.38. The van der Waals surface area contributed by atoms with Gasteiger partial charge in [0, 0.05) is 24.0 Å². The first-order chi connectivity index (χ1) is 11.6. The number of carbonyl (C=O) groups excluding carboxylic acids is 1. The number of morpholine rings is 1. The van der Waals surface area contributed by atoms with Gasteiger partial charge in [0.25, 0.3) is 5.91 Å². The maximum absolute atomic E-state index is 13.0. The Morgan fingerprint density at radius 3 is 3.00 bits per heavy atom. The summed E-state index contributed by atoms with van der Waals surface area (Å²) in [7, 11) is 0. The van der Waals surface area contributed by atoms with Crippen molar-refractivity contribution in [2.24, 2.45) is 0 Å². The second-order valence-corrected chi connectivity index (χ2v) is 6.09. The number of carbonyl (C=O) groups is 1. The van der Waals surface area contributed by atoms with Crippen LogP contribution in [-0.4, -0.2) is 50.5 Å². The zero-order valence-electron chi connectivity index (χ0n) is 13.7. The molecule has 1 aromatic carbocycles. The Hall–Kier alpha value is -2.67. The molecule has 7 heteroatoms. The van der Waals surface area contributed by atoms with Crippen LogP contribution in [-0.2, 0) is 4.74 Å². The Morgan fingerprint density at radius 1 is 1.33 bits per heavy atom.